The molecule has 1 unspecified atom stereocenters. The molecule has 2 rings (SSSR count). The summed E-state index contributed by atoms with van der Waals surface area (Å²) >= 11 is 0. The SMILES string of the molecule is CCCCCOc1cnc(-c2ccc(OCC(C)CC)cc2)cn1. The molecule has 1 atom stereocenters. The predicted octanol–water partition coefficient (Wildman–Crippen LogP) is 5.14. The van der Waals surface area contributed by atoms with Gasteiger partial charge in [-0.25, -0.2) is 9.97 Å². The highest BCUT2D eigenvalue weighted by Crippen LogP contribution is 2.21. The first-order chi connectivity index (χ1) is 11.7. The van der Waals surface area contributed by atoms with Crippen molar-refractivity contribution in [3.8, 4) is 22.9 Å². The molecule has 4 nitrogen and oxygen atoms in total. The second-order valence-electron chi connectivity index (χ2n) is 6.14. The summed E-state index contributed by atoms with van der Waals surface area (Å²) in [4.78, 5) is 8.77. The van der Waals surface area contributed by atoms with E-state index in [0.717, 1.165) is 36.5 Å². The molecule has 0 aliphatic rings. The van der Waals surface area contributed by atoms with Crippen LogP contribution in [0.3, 0.4) is 0 Å². The lowest BCUT2D eigenvalue weighted by molar-refractivity contribution is 0.256. The Morgan fingerprint density at radius 2 is 1.75 bits per heavy atom. The maximum absolute atomic E-state index is 5.78. The van der Waals surface area contributed by atoms with E-state index in [-0.39, 0.29) is 0 Å². The van der Waals surface area contributed by atoms with Gasteiger partial charge in [0.1, 0.15) is 5.75 Å². The van der Waals surface area contributed by atoms with Crippen molar-refractivity contribution in [1.82, 2.24) is 9.97 Å². The van der Waals surface area contributed by atoms with Crippen LogP contribution in [0.15, 0.2) is 36.7 Å². The summed E-state index contributed by atoms with van der Waals surface area (Å²) in [6.07, 6.45) is 7.99. The van der Waals surface area contributed by atoms with Crippen molar-refractivity contribution >= 4 is 0 Å². The highest BCUT2D eigenvalue weighted by atomic mass is 16.5. The molecule has 130 valence electrons. The molecular formula is C20H28N2O2. The fourth-order valence-corrected chi connectivity index (χ4v) is 2.15. The van der Waals surface area contributed by atoms with Crippen LogP contribution in [-0.4, -0.2) is 23.2 Å². The van der Waals surface area contributed by atoms with Gasteiger partial charge in [0, 0.05) is 5.56 Å². The second-order valence-corrected chi connectivity index (χ2v) is 6.14. The average Bonchev–Trinajstić information content (AvgIpc) is 2.64. The van der Waals surface area contributed by atoms with E-state index in [4.69, 9.17) is 9.47 Å². The van der Waals surface area contributed by atoms with Crippen LogP contribution in [-0.2, 0) is 0 Å². The van der Waals surface area contributed by atoms with Crippen molar-refractivity contribution in [3.63, 3.8) is 0 Å². The molecule has 0 amide bonds. The molecule has 4 heteroatoms. The minimum absolute atomic E-state index is 0.570. The fraction of sp³-hybridized carbons (Fsp3) is 0.500. The third-order valence-corrected chi connectivity index (χ3v) is 4.01. The van der Waals surface area contributed by atoms with E-state index in [9.17, 15) is 0 Å². The Labute approximate surface area is 145 Å². The van der Waals surface area contributed by atoms with Crippen molar-refractivity contribution in [1.29, 1.82) is 0 Å². The largest absolute Gasteiger partial charge is 0.493 e. The zero-order valence-corrected chi connectivity index (χ0v) is 15.0. The number of rotatable bonds is 10. The number of benzene rings is 1. The Hall–Kier alpha value is -2.10. The minimum Gasteiger partial charge on any atom is -0.493 e. The topological polar surface area (TPSA) is 44.2 Å². The van der Waals surface area contributed by atoms with Gasteiger partial charge in [0.2, 0.25) is 5.88 Å². The summed E-state index contributed by atoms with van der Waals surface area (Å²) in [5.74, 6) is 2.05. The standard InChI is InChI=1S/C20H28N2O2/c1-4-6-7-12-23-20-14-21-19(13-22-20)17-8-10-18(11-9-17)24-15-16(3)5-2/h8-11,13-14,16H,4-7,12,15H2,1-3H3. The molecule has 0 spiro atoms. The van der Waals surface area contributed by atoms with Gasteiger partial charge in [-0.05, 0) is 36.6 Å². The number of ether oxygens (including phenoxy) is 2. The van der Waals surface area contributed by atoms with Gasteiger partial charge < -0.3 is 9.47 Å². The van der Waals surface area contributed by atoms with Crippen LogP contribution < -0.4 is 9.47 Å². The fourth-order valence-electron chi connectivity index (χ4n) is 2.15. The lowest BCUT2D eigenvalue weighted by Gasteiger charge is -2.11. The van der Waals surface area contributed by atoms with E-state index in [1.165, 1.54) is 12.8 Å². The first-order valence-corrected chi connectivity index (χ1v) is 8.91. The average molecular weight is 328 g/mol. The summed E-state index contributed by atoms with van der Waals surface area (Å²) in [5.41, 5.74) is 1.86. The summed E-state index contributed by atoms with van der Waals surface area (Å²) in [7, 11) is 0. The molecule has 0 aliphatic heterocycles. The monoisotopic (exact) mass is 328 g/mol. The van der Waals surface area contributed by atoms with Crippen molar-refractivity contribution in [2.75, 3.05) is 13.2 Å². The molecule has 1 aromatic heterocycles. The molecule has 0 saturated carbocycles. The van der Waals surface area contributed by atoms with E-state index in [2.05, 4.69) is 30.7 Å². The number of hydrogen-bond donors (Lipinski definition) is 0. The van der Waals surface area contributed by atoms with Gasteiger partial charge in [-0.2, -0.15) is 0 Å². The number of nitrogens with zero attached hydrogens (tertiary/aromatic N) is 2. The van der Waals surface area contributed by atoms with Gasteiger partial charge in [-0.1, -0.05) is 40.0 Å². The number of aromatic nitrogens is 2. The van der Waals surface area contributed by atoms with Crippen molar-refractivity contribution in [3.05, 3.63) is 36.7 Å². The van der Waals surface area contributed by atoms with Gasteiger partial charge >= 0.3 is 0 Å². The summed E-state index contributed by atoms with van der Waals surface area (Å²) in [6.45, 7) is 7.99. The van der Waals surface area contributed by atoms with Crippen LogP contribution in [0.2, 0.25) is 0 Å². The summed E-state index contributed by atoms with van der Waals surface area (Å²) in [5, 5.41) is 0. The molecule has 0 radical (unpaired) electrons. The third-order valence-electron chi connectivity index (χ3n) is 4.01. The van der Waals surface area contributed by atoms with E-state index >= 15 is 0 Å². The van der Waals surface area contributed by atoms with E-state index in [0.29, 0.717) is 18.4 Å². The van der Waals surface area contributed by atoms with Crippen molar-refractivity contribution in [2.24, 2.45) is 5.92 Å². The summed E-state index contributed by atoms with van der Waals surface area (Å²) < 4.78 is 11.4. The van der Waals surface area contributed by atoms with Crippen LogP contribution in [0.25, 0.3) is 11.3 Å². The van der Waals surface area contributed by atoms with Crippen LogP contribution >= 0.6 is 0 Å². The van der Waals surface area contributed by atoms with Gasteiger partial charge in [0.05, 0.1) is 31.3 Å². The molecule has 0 bridgehead atoms. The van der Waals surface area contributed by atoms with Gasteiger partial charge in [0.15, 0.2) is 0 Å². The zero-order chi connectivity index (χ0) is 17.2. The van der Waals surface area contributed by atoms with Gasteiger partial charge in [0.25, 0.3) is 0 Å². The maximum atomic E-state index is 5.78. The van der Waals surface area contributed by atoms with Gasteiger partial charge in [-0.3, -0.25) is 0 Å². The molecule has 24 heavy (non-hydrogen) atoms. The van der Waals surface area contributed by atoms with Crippen LogP contribution in [0.5, 0.6) is 11.6 Å². The molecule has 1 aromatic carbocycles. The Morgan fingerprint density at radius 3 is 2.38 bits per heavy atom. The molecule has 1 heterocycles. The first kappa shape index (κ1) is 18.2. The molecular weight excluding hydrogens is 300 g/mol. The molecule has 0 saturated heterocycles. The predicted molar refractivity (Wildman–Crippen MR) is 97.4 cm³/mol. The Balaban J connectivity index is 1.89. The Morgan fingerprint density at radius 1 is 0.958 bits per heavy atom. The molecule has 2 aromatic rings. The number of unbranched alkanes of at least 4 members (excludes halogenated alkanes) is 2. The lowest BCUT2D eigenvalue weighted by atomic mass is 10.1. The lowest BCUT2D eigenvalue weighted by Crippen LogP contribution is -2.07. The zero-order valence-electron chi connectivity index (χ0n) is 15.0. The molecule has 0 aliphatic carbocycles. The van der Waals surface area contributed by atoms with Gasteiger partial charge in [-0.15, -0.1) is 0 Å². The smallest absolute Gasteiger partial charge is 0.232 e. The van der Waals surface area contributed by atoms with Crippen molar-refractivity contribution in [2.45, 2.75) is 46.5 Å². The minimum atomic E-state index is 0.570. The third kappa shape index (κ3) is 5.84. The normalized spacial score (nSPS) is 12.0. The molecule has 0 N–H and O–H groups in total. The maximum Gasteiger partial charge on any atom is 0.232 e. The van der Waals surface area contributed by atoms with Crippen LogP contribution in [0.1, 0.15) is 46.5 Å². The highest BCUT2D eigenvalue weighted by molar-refractivity contribution is 5.59. The van der Waals surface area contributed by atoms with E-state index in [1.54, 1.807) is 12.4 Å². The van der Waals surface area contributed by atoms with Crippen LogP contribution in [0.4, 0.5) is 0 Å². The Bertz CT molecular complexity index is 582. The highest BCUT2D eigenvalue weighted by Gasteiger charge is 2.04. The van der Waals surface area contributed by atoms with E-state index < -0.39 is 0 Å². The summed E-state index contributed by atoms with van der Waals surface area (Å²) in [6, 6.07) is 7.98. The van der Waals surface area contributed by atoms with Crippen molar-refractivity contribution < 1.29 is 9.47 Å². The first-order valence-electron chi connectivity index (χ1n) is 8.91. The van der Waals surface area contributed by atoms with E-state index in [1.807, 2.05) is 24.3 Å². The van der Waals surface area contributed by atoms with Crippen LogP contribution in [0, 0.1) is 5.92 Å². The number of hydrogen-bond acceptors (Lipinski definition) is 4. The Kier molecular flexibility index (Phi) is 7.53. The second kappa shape index (κ2) is 9.91. The quantitative estimate of drug-likeness (QED) is 0.567. The molecule has 0 fully saturated rings.